The number of hydrogen-bond donors (Lipinski definition) is 0. The molecule has 0 radical (unpaired) electrons. The SMILES string of the molecule is CCN(CCC(C)C)C(C)C(=O)CSC. The van der Waals surface area contributed by atoms with Gasteiger partial charge in [0, 0.05) is 0 Å². The zero-order valence-corrected chi connectivity index (χ0v) is 11.6. The highest BCUT2D eigenvalue weighted by Crippen LogP contribution is 2.08. The molecular weight excluding hydrogens is 206 g/mol. The summed E-state index contributed by atoms with van der Waals surface area (Å²) in [6.07, 6.45) is 3.15. The Morgan fingerprint density at radius 1 is 1.33 bits per heavy atom. The van der Waals surface area contributed by atoms with Gasteiger partial charge in [-0.1, -0.05) is 20.8 Å². The summed E-state index contributed by atoms with van der Waals surface area (Å²) in [6.45, 7) is 10.6. The van der Waals surface area contributed by atoms with Crippen molar-refractivity contribution < 1.29 is 4.79 Å². The number of hydrogen-bond acceptors (Lipinski definition) is 3. The molecule has 0 spiro atoms. The first-order valence-corrected chi connectivity index (χ1v) is 7.18. The van der Waals surface area contributed by atoms with Crippen molar-refractivity contribution in [3.8, 4) is 0 Å². The molecule has 0 fully saturated rings. The van der Waals surface area contributed by atoms with Gasteiger partial charge in [0.1, 0.15) is 0 Å². The molecule has 0 saturated carbocycles. The standard InChI is InChI=1S/C12H25NOS/c1-6-13(8-7-10(2)3)11(4)12(14)9-15-5/h10-11H,6-9H2,1-5H3. The molecule has 3 heteroatoms. The van der Waals surface area contributed by atoms with Gasteiger partial charge in [0.15, 0.2) is 5.78 Å². The Labute approximate surface area is 98.8 Å². The van der Waals surface area contributed by atoms with E-state index in [1.807, 2.05) is 13.2 Å². The van der Waals surface area contributed by atoms with Crippen LogP contribution in [-0.2, 0) is 4.79 Å². The van der Waals surface area contributed by atoms with Crippen LogP contribution < -0.4 is 0 Å². The molecule has 0 N–H and O–H groups in total. The van der Waals surface area contributed by atoms with Crippen LogP contribution >= 0.6 is 11.8 Å². The number of Topliss-reactive ketones (excluding diaryl/α,β-unsaturated/α-hetero) is 1. The van der Waals surface area contributed by atoms with Gasteiger partial charge in [-0.05, 0) is 38.6 Å². The highest BCUT2D eigenvalue weighted by Gasteiger charge is 2.18. The molecule has 2 nitrogen and oxygen atoms in total. The summed E-state index contributed by atoms with van der Waals surface area (Å²) in [5.41, 5.74) is 0. The van der Waals surface area contributed by atoms with Crippen molar-refractivity contribution >= 4 is 17.5 Å². The first-order chi connectivity index (χ1) is 7.02. The van der Waals surface area contributed by atoms with Crippen molar-refractivity contribution in [2.45, 2.75) is 40.2 Å². The van der Waals surface area contributed by atoms with Crippen LogP contribution in [0, 0.1) is 5.92 Å². The van der Waals surface area contributed by atoms with E-state index in [0.717, 1.165) is 13.1 Å². The van der Waals surface area contributed by atoms with Gasteiger partial charge in [0.05, 0.1) is 11.8 Å². The minimum Gasteiger partial charge on any atom is -0.297 e. The quantitative estimate of drug-likeness (QED) is 0.640. The molecule has 1 atom stereocenters. The van der Waals surface area contributed by atoms with E-state index in [1.54, 1.807) is 11.8 Å². The predicted octanol–water partition coefficient (Wildman–Crippen LogP) is 2.68. The predicted molar refractivity (Wildman–Crippen MR) is 69.6 cm³/mol. The second-order valence-electron chi connectivity index (χ2n) is 4.39. The maximum atomic E-state index is 11.7. The van der Waals surface area contributed by atoms with Crippen molar-refractivity contribution in [2.24, 2.45) is 5.92 Å². The Bertz CT molecular complexity index is 182. The summed E-state index contributed by atoms with van der Waals surface area (Å²) in [5, 5.41) is 0. The van der Waals surface area contributed by atoms with Gasteiger partial charge >= 0.3 is 0 Å². The number of thioether (sulfide) groups is 1. The third-order valence-electron chi connectivity index (χ3n) is 2.70. The van der Waals surface area contributed by atoms with Crippen LogP contribution in [0.15, 0.2) is 0 Å². The van der Waals surface area contributed by atoms with Gasteiger partial charge < -0.3 is 0 Å². The smallest absolute Gasteiger partial charge is 0.159 e. The molecule has 0 aromatic carbocycles. The van der Waals surface area contributed by atoms with Crippen LogP contribution in [-0.4, -0.2) is 41.8 Å². The third-order valence-corrected chi connectivity index (χ3v) is 3.27. The first-order valence-electron chi connectivity index (χ1n) is 5.78. The molecule has 90 valence electrons. The fourth-order valence-corrected chi connectivity index (χ4v) is 2.04. The van der Waals surface area contributed by atoms with Crippen LogP contribution in [0.25, 0.3) is 0 Å². The number of carbonyl (C=O) groups is 1. The molecule has 0 aliphatic carbocycles. The van der Waals surface area contributed by atoms with Gasteiger partial charge in [-0.15, -0.1) is 0 Å². The number of ketones is 1. The zero-order chi connectivity index (χ0) is 11.8. The molecule has 0 aliphatic rings. The minimum absolute atomic E-state index is 0.0844. The van der Waals surface area contributed by atoms with Gasteiger partial charge in [-0.2, -0.15) is 11.8 Å². The zero-order valence-electron chi connectivity index (χ0n) is 10.7. The lowest BCUT2D eigenvalue weighted by Gasteiger charge is -2.27. The minimum atomic E-state index is 0.0844. The second kappa shape index (κ2) is 8.17. The Morgan fingerprint density at radius 3 is 2.33 bits per heavy atom. The van der Waals surface area contributed by atoms with Crippen LogP contribution in [0.4, 0.5) is 0 Å². The van der Waals surface area contributed by atoms with Crippen molar-refractivity contribution in [3.63, 3.8) is 0 Å². The summed E-state index contributed by atoms with van der Waals surface area (Å²) < 4.78 is 0. The van der Waals surface area contributed by atoms with Crippen molar-refractivity contribution in [1.82, 2.24) is 4.90 Å². The van der Waals surface area contributed by atoms with Crippen molar-refractivity contribution in [2.75, 3.05) is 25.1 Å². The second-order valence-corrected chi connectivity index (χ2v) is 5.25. The molecule has 15 heavy (non-hydrogen) atoms. The summed E-state index contributed by atoms with van der Waals surface area (Å²) >= 11 is 1.61. The molecule has 0 amide bonds. The number of carbonyl (C=O) groups excluding carboxylic acids is 1. The van der Waals surface area contributed by atoms with Gasteiger partial charge in [-0.25, -0.2) is 0 Å². The average Bonchev–Trinajstić information content (AvgIpc) is 2.18. The molecule has 0 saturated heterocycles. The topological polar surface area (TPSA) is 20.3 Å². The summed E-state index contributed by atoms with van der Waals surface area (Å²) in [7, 11) is 0. The molecule has 0 aromatic rings. The van der Waals surface area contributed by atoms with E-state index in [4.69, 9.17) is 0 Å². The van der Waals surface area contributed by atoms with Crippen molar-refractivity contribution in [3.05, 3.63) is 0 Å². The highest BCUT2D eigenvalue weighted by molar-refractivity contribution is 7.99. The van der Waals surface area contributed by atoms with Gasteiger partial charge in [-0.3, -0.25) is 9.69 Å². The van der Waals surface area contributed by atoms with Crippen LogP contribution in [0.5, 0.6) is 0 Å². The molecule has 0 aromatic heterocycles. The number of nitrogens with zero attached hydrogens (tertiary/aromatic N) is 1. The van der Waals surface area contributed by atoms with Gasteiger partial charge in [0.2, 0.25) is 0 Å². The summed E-state index contributed by atoms with van der Waals surface area (Å²) in [6, 6.07) is 0.0844. The Hall–Kier alpha value is -0.0200. The largest absolute Gasteiger partial charge is 0.297 e. The lowest BCUT2D eigenvalue weighted by atomic mass is 10.1. The lowest BCUT2D eigenvalue weighted by Crippen LogP contribution is -2.40. The fourth-order valence-electron chi connectivity index (χ4n) is 1.52. The van der Waals surface area contributed by atoms with E-state index >= 15 is 0 Å². The highest BCUT2D eigenvalue weighted by atomic mass is 32.2. The molecule has 0 heterocycles. The number of rotatable bonds is 8. The van der Waals surface area contributed by atoms with Crippen LogP contribution in [0.3, 0.4) is 0 Å². The normalized spacial score (nSPS) is 13.5. The Kier molecular flexibility index (Phi) is 8.16. The van der Waals surface area contributed by atoms with E-state index in [0.29, 0.717) is 17.5 Å². The van der Waals surface area contributed by atoms with Crippen molar-refractivity contribution in [1.29, 1.82) is 0 Å². The Balaban J connectivity index is 4.08. The fraction of sp³-hybridized carbons (Fsp3) is 0.917. The molecular formula is C12H25NOS. The van der Waals surface area contributed by atoms with Crippen LogP contribution in [0.1, 0.15) is 34.1 Å². The molecule has 0 aliphatic heterocycles. The molecule has 1 unspecified atom stereocenters. The number of likely N-dealkylation sites (N-methyl/N-ethyl adjacent to an activating group) is 1. The average molecular weight is 231 g/mol. The van der Waals surface area contributed by atoms with E-state index < -0.39 is 0 Å². The molecule has 0 bridgehead atoms. The van der Waals surface area contributed by atoms with E-state index in [2.05, 4.69) is 25.7 Å². The Morgan fingerprint density at radius 2 is 1.93 bits per heavy atom. The van der Waals surface area contributed by atoms with E-state index in [1.165, 1.54) is 6.42 Å². The maximum Gasteiger partial charge on any atom is 0.159 e. The van der Waals surface area contributed by atoms with Crippen LogP contribution in [0.2, 0.25) is 0 Å². The summed E-state index contributed by atoms with van der Waals surface area (Å²) in [4.78, 5) is 14.0. The molecule has 0 rings (SSSR count). The van der Waals surface area contributed by atoms with Gasteiger partial charge in [0.25, 0.3) is 0 Å². The summed E-state index contributed by atoms with van der Waals surface area (Å²) in [5.74, 6) is 1.70. The van der Waals surface area contributed by atoms with E-state index in [9.17, 15) is 4.79 Å². The van der Waals surface area contributed by atoms with E-state index in [-0.39, 0.29) is 6.04 Å². The first kappa shape index (κ1) is 15.0. The monoisotopic (exact) mass is 231 g/mol. The third kappa shape index (κ3) is 6.21. The lowest BCUT2D eigenvalue weighted by molar-refractivity contribution is -0.121. The maximum absolute atomic E-state index is 11.7.